The lowest BCUT2D eigenvalue weighted by molar-refractivity contribution is -0.129. The van der Waals surface area contributed by atoms with E-state index in [2.05, 4.69) is 5.32 Å². The molecule has 1 aromatic rings. The van der Waals surface area contributed by atoms with E-state index in [1.807, 2.05) is 30.3 Å². The summed E-state index contributed by atoms with van der Waals surface area (Å²) in [5, 5.41) is 21.8. The van der Waals surface area contributed by atoms with Crippen molar-refractivity contribution < 1.29 is 29.3 Å². The number of nitrogens with one attached hydrogen (secondary N) is 1. The molecule has 0 spiro atoms. The zero-order valence-electron chi connectivity index (χ0n) is 16.2. The highest BCUT2D eigenvalue weighted by Gasteiger charge is 2.36. The Labute approximate surface area is 169 Å². The Balaban J connectivity index is 1.43. The lowest BCUT2D eigenvalue weighted by Crippen LogP contribution is -2.57. The molecule has 0 aliphatic carbocycles. The number of carbonyl (C=O) groups is 3. The molecule has 2 atom stereocenters. The molecule has 3 N–H and O–H groups in total. The molecule has 3 rings (SSSR count). The van der Waals surface area contributed by atoms with Crippen LogP contribution in [0.25, 0.3) is 0 Å². The summed E-state index contributed by atoms with van der Waals surface area (Å²) in [7, 11) is 0. The highest BCUT2D eigenvalue weighted by atomic mass is 16.6. The number of hydrogen-bond acceptors (Lipinski definition) is 5. The van der Waals surface area contributed by atoms with Crippen LogP contribution in [0.15, 0.2) is 30.3 Å². The number of carbonyl (C=O) groups excluding carboxylic acids is 2. The Morgan fingerprint density at radius 3 is 2.41 bits per heavy atom. The lowest BCUT2D eigenvalue weighted by Gasteiger charge is -2.37. The van der Waals surface area contributed by atoms with Gasteiger partial charge in [-0.2, -0.15) is 0 Å². The molecule has 0 saturated carbocycles. The first-order valence-electron chi connectivity index (χ1n) is 9.87. The van der Waals surface area contributed by atoms with Crippen molar-refractivity contribution in [2.45, 2.75) is 50.5 Å². The van der Waals surface area contributed by atoms with E-state index >= 15 is 0 Å². The number of likely N-dealkylation sites (tertiary alicyclic amines) is 2. The van der Waals surface area contributed by atoms with E-state index < -0.39 is 18.2 Å². The smallest absolute Gasteiger partial charge is 0.410 e. The van der Waals surface area contributed by atoms with Gasteiger partial charge in [-0.1, -0.05) is 30.3 Å². The Bertz CT molecular complexity index is 720. The molecule has 9 nitrogen and oxygen atoms in total. The van der Waals surface area contributed by atoms with E-state index in [0.717, 1.165) is 10.5 Å². The van der Waals surface area contributed by atoms with Crippen molar-refractivity contribution in [2.75, 3.05) is 19.6 Å². The molecule has 2 heterocycles. The molecule has 2 fully saturated rings. The van der Waals surface area contributed by atoms with Gasteiger partial charge in [-0.05, 0) is 31.2 Å². The average Bonchev–Trinajstić information content (AvgIpc) is 2.73. The molecule has 3 amide bonds. The van der Waals surface area contributed by atoms with Gasteiger partial charge in [0.15, 0.2) is 0 Å². The number of β-amino-alcohol motifs (C(OH)–C–C–N with tert-alkyl or cyclic N) is 1. The van der Waals surface area contributed by atoms with Crippen molar-refractivity contribution in [1.82, 2.24) is 15.1 Å². The largest absolute Gasteiger partial charge is 0.465 e. The van der Waals surface area contributed by atoms with Crippen LogP contribution in [-0.2, 0) is 16.1 Å². The Morgan fingerprint density at radius 2 is 1.76 bits per heavy atom. The van der Waals surface area contributed by atoms with Crippen molar-refractivity contribution in [3.05, 3.63) is 35.9 Å². The number of aliphatic hydroxyl groups is 1. The number of piperidine rings is 2. The van der Waals surface area contributed by atoms with Crippen LogP contribution in [0.4, 0.5) is 9.59 Å². The third-order valence-corrected chi connectivity index (χ3v) is 5.41. The van der Waals surface area contributed by atoms with Crippen LogP contribution >= 0.6 is 0 Å². The van der Waals surface area contributed by atoms with Gasteiger partial charge >= 0.3 is 12.2 Å². The summed E-state index contributed by atoms with van der Waals surface area (Å²) in [5.74, 6) is -0.343. The molecule has 2 saturated heterocycles. The van der Waals surface area contributed by atoms with Crippen LogP contribution in [0.5, 0.6) is 0 Å². The summed E-state index contributed by atoms with van der Waals surface area (Å²) < 4.78 is 5.33. The van der Waals surface area contributed by atoms with Crippen LogP contribution < -0.4 is 5.32 Å². The van der Waals surface area contributed by atoms with Gasteiger partial charge < -0.3 is 25.2 Å². The van der Waals surface area contributed by atoms with E-state index in [4.69, 9.17) is 4.74 Å². The second-order valence-electron chi connectivity index (χ2n) is 7.49. The predicted octanol–water partition coefficient (Wildman–Crippen LogP) is 1.41. The van der Waals surface area contributed by atoms with E-state index in [-0.39, 0.29) is 31.2 Å². The van der Waals surface area contributed by atoms with Crippen molar-refractivity contribution >= 4 is 18.1 Å². The number of nitrogens with zero attached hydrogens (tertiary/aromatic N) is 2. The maximum atomic E-state index is 12.6. The molecule has 29 heavy (non-hydrogen) atoms. The van der Waals surface area contributed by atoms with E-state index in [1.54, 1.807) is 4.90 Å². The van der Waals surface area contributed by atoms with Gasteiger partial charge in [0, 0.05) is 19.1 Å². The second-order valence-corrected chi connectivity index (χ2v) is 7.49. The fourth-order valence-electron chi connectivity index (χ4n) is 3.75. The molecule has 9 heteroatoms. The molecule has 158 valence electrons. The first-order valence-corrected chi connectivity index (χ1v) is 9.87. The SMILES string of the molecule is O=C(NC1CCN(C(=O)OCc2ccccc2)CC1)C1CCC(O)CN1C(=O)O. The summed E-state index contributed by atoms with van der Waals surface area (Å²) in [6.07, 6.45) is -0.474. The zero-order chi connectivity index (χ0) is 20.8. The minimum absolute atomic E-state index is 0.0564. The monoisotopic (exact) mass is 405 g/mol. The maximum Gasteiger partial charge on any atom is 0.410 e. The highest BCUT2D eigenvalue weighted by Crippen LogP contribution is 2.19. The van der Waals surface area contributed by atoms with Gasteiger partial charge in [0.05, 0.1) is 12.6 Å². The Morgan fingerprint density at radius 1 is 1.07 bits per heavy atom. The lowest BCUT2D eigenvalue weighted by atomic mass is 9.98. The summed E-state index contributed by atoms with van der Waals surface area (Å²) >= 11 is 0. The standard InChI is InChI=1S/C20H27N3O6/c24-16-6-7-17(23(12-16)19(26)27)18(25)21-15-8-10-22(11-9-15)20(28)29-13-14-4-2-1-3-5-14/h1-5,15-17,24H,6-13H2,(H,21,25)(H,26,27). The molecule has 2 aliphatic rings. The molecule has 0 aromatic heterocycles. The minimum Gasteiger partial charge on any atom is -0.465 e. The molecular weight excluding hydrogens is 378 g/mol. The number of carboxylic acid groups (broad SMARTS) is 1. The minimum atomic E-state index is -1.21. The first-order chi connectivity index (χ1) is 13.9. The number of hydrogen-bond donors (Lipinski definition) is 3. The van der Waals surface area contributed by atoms with Crippen molar-refractivity contribution in [2.24, 2.45) is 0 Å². The van der Waals surface area contributed by atoms with E-state index in [9.17, 15) is 24.6 Å². The summed E-state index contributed by atoms with van der Waals surface area (Å²) in [5.41, 5.74) is 0.920. The van der Waals surface area contributed by atoms with Gasteiger partial charge in [0.1, 0.15) is 12.6 Å². The van der Waals surface area contributed by atoms with Gasteiger partial charge in [-0.25, -0.2) is 9.59 Å². The van der Waals surface area contributed by atoms with Crippen LogP contribution in [-0.4, -0.2) is 75.9 Å². The Kier molecular flexibility index (Phi) is 6.92. The molecular formula is C20H27N3O6. The average molecular weight is 405 g/mol. The first kappa shape index (κ1) is 20.9. The summed E-state index contributed by atoms with van der Waals surface area (Å²) in [4.78, 5) is 38.8. The van der Waals surface area contributed by atoms with Gasteiger partial charge in [-0.3, -0.25) is 9.69 Å². The number of benzene rings is 1. The molecule has 1 aromatic carbocycles. The number of aliphatic hydroxyl groups excluding tert-OH is 1. The fraction of sp³-hybridized carbons (Fsp3) is 0.550. The van der Waals surface area contributed by atoms with Gasteiger partial charge in [0.25, 0.3) is 0 Å². The van der Waals surface area contributed by atoms with E-state index in [1.165, 1.54) is 0 Å². The van der Waals surface area contributed by atoms with Crippen LogP contribution in [0.2, 0.25) is 0 Å². The van der Waals surface area contributed by atoms with Crippen LogP contribution in [0.1, 0.15) is 31.2 Å². The topological polar surface area (TPSA) is 119 Å². The van der Waals surface area contributed by atoms with Crippen LogP contribution in [0, 0.1) is 0 Å². The summed E-state index contributed by atoms with van der Waals surface area (Å²) in [6, 6.07) is 8.54. The predicted molar refractivity (Wildman–Crippen MR) is 103 cm³/mol. The summed E-state index contributed by atoms with van der Waals surface area (Å²) in [6.45, 7) is 1.09. The molecule has 0 bridgehead atoms. The zero-order valence-corrected chi connectivity index (χ0v) is 16.2. The third-order valence-electron chi connectivity index (χ3n) is 5.41. The molecule has 0 radical (unpaired) electrons. The van der Waals surface area contributed by atoms with Crippen molar-refractivity contribution in [1.29, 1.82) is 0 Å². The van der Waals surface area contributed by atoms with Crippen molar-refractivity contribution in [3.63, 3.8) is 0 Å². The normalized spacial score (nSPS) is 22.8. The van der Waals surface area contributed by atoms with Gasteiger partial charge in [-0.15, -0.1) is 0 Å². The van der Waals surface area contributed by atoms with Crippen LogP contribution in [0.3, 0.4) is 0 Å². The maximum absolute atomic E-state index is 12.6. The van der Waals surface area contributed by atoms with E-state index in [0.29, 0.717) is 38.8 Å². The number of amides is 3. The van der Waals surface area contributed by atoms with Gasteiger partial charge in [0.2, 0.25) is 5.91 Å². The Hall–Kier alpha value is -2.81. The number of rotatable bonds is 4. The highest BCUT2D eigenvalue weighted by molar-refractivity contribution is 5.85. The molecule has 2 aliphatic heterocycles. The van der Waals surface area contributed by atoms with Crippen molar-refractivity contribution in [3.8, 4) is 0 Å². The number of ether oxygens (including phenoxy) is 1. The fourth-order valence-corrected chi connectivity index (χ4v) is 3.75. The quantitative estimate of drug-likeness (QED) is 0.697. The second kappa shape index (κ2) is 9.60. The third kappa shape index (κ3) is 5.60. The molecule has 2 unspecified atom stereocenters.